The summed E-state index contributed by atoms with van der Waals surface area (Å²) in [6, 6.07) is 3.89. The summed E-state index contributed by atoms with van der Waals surface area (Å²) in [7, 11) is -4.70. The molecule has 0 aliphatic heterocycles. The molecule has 0 saturated heterocycles. The molecule has 0 aliphatic carbocycles. The highest BCUT2D eigenvalue weighted by Crippen LogP contribution is 2.18. The third-order valence-corrected chi connectivity index (χ3v) is 3.69. The van der Waals surface area contributed by atoms with E-state index in [2.05, 4.69) is 5.32 Å². The van der Waals surface area contributed by atoms with Crippen LogP contribution in [0.15, 0.2) is 29.2 Å². The number of aliphatic carboxylic acids is 1. The van der Waals surface area contributed by atoms with Crippen molar-refractivity contribution in [3.05, 3.63) is 29.8 Å². The van der Waals surface area contributed by atoms with Crippen LogP contribution in [0, 0.1) is 0 Å². The van der Waals surface area contributed by atoms with Crippen LogP contribution in [0.25, 0.3) is 0 Å². The van der Waals surface area contributed by atoms with Gasteiger partial charge in [0.05, 0.1) is 4.90 Å². The fourth-order valence-electron chi connectivity index (χ4n) is 1.28. The largest absolute Gasteiger partial charge is 0.550 e. The lowest BCUT2D eigenvalue weighted by Gasteiger charge is -2.07. The number of carboxylic acid groups (broad SMARTS) is 1. The van der Waals surface area contributed by atoms with Crippen molar-refractivity contribution in [1.82, 2.24) is 5.32 Å². The SMILES string of the molecule is O=C([O-])CCNC(=O)c1ccc(S(=O)(=O)C(F)F)cc1. The summed E-state index contributed by atoms with van der Waals surface area (Å²) in [5.74, 6) is -5.51. The summed E-state index contributed by atoms with van der Waals surface area (Å²) < 4.78 is 46.8. The Labute approximate surface area is 113 Å². The predicted octanol–water partition coefficient (Wildman–Crippen LogP) is -0.447. The lowest BCUT2D eigenvalue weighted by molar-refractivity contribution is -0.305. The van der Waals surface area contributed by atoms with E-state index in [-0.39, 0.29) is 18.5 Å². The van der Waals surface area contributed by atoms with Gasteiger partial charge in [0.1, 0.15) is 0 Å². The zero-order valence-electron chi connectivity index (χ0n) is 10.0. The van der Waals surface area contributed by atoms with Crippen LogP contribution in [-0.4, -0.2) is 32.6 Å². The number of carbonyl (C=O) groups excluding carboxylic acids is 2. The average Bonchev–Trinajstić information content (AvgIpc) is 2.38. The second-order valence-corrected chi connectivity index (χ2v) is 5.63. The topological polar surface area (TPSA) is 103 Å². The predicted molar refractivity (Wildman–Crippen MR) is 61.6 cm³/mol. The molecule has 9 heteroatoms. The van der Waals surface area contributed by atoms with Gasteiger partial charge in [-0.15, -0.1) is 0 Å². The van der Waals surface area contributed by atoms with Gasteiger partial charge in [-0.3, -0.25) is 4.79 Å². The number of carbonyl (C=O) groups is 2. The van der Waals surface area contributed by atoms with Gasteiger partial charge in [-0.1, -0.05) is 0 Å². The number of hydrogen-bond donors (Lipinski definition) is 1. The maximum absolute atomic E-state index is 12.3. The maximum Gasteiger partial charge on any atom is 0.341 e. The van der Waals surface area contributed by atoms with Crippen molar-refractivity contribution in [2.24, 2.45) is 0 Å². The molecular formula is C11H10F2NO5S-. The minimum absolute atomic E-state index is 0.0246. The molecule has 1 aromatic rings. The number of amides is 1. The van der Waals surface area contributed by atoms with Crippen molar-refractivity contribution in [2.45, 2.75) is 17.1 Å². The Hall–Kier alpha value is -2.03. The first-order chi connectivity index (χ1) is 9.25. The van der Waals surface area contributed by atoms with Crippen molar-refractivity contribution in [3.8, 4) is 0 Å². The molecule has 0 aromatic heterocycles. The molecule has 6 nitrogen and oxygen atoms in total. The Balaban J connectivity index is 2.77. The maximum atomic E-state index is 12.3. The zero-order chi connectivity index (χ0) is 15.3. The van der Waals surface area contributed by atoms with Crippen molar-refractivity contribution in [2.75, 3.05) is 6.54 Å². The minimum atomic E-state index is -4.70. The highest BCUT2D eigenvalue weighted by Gasteiger charge is 2.26. The summed E-state index contributed by atoms with van der Waals surface area (Å²) in [5.41, 5.74) is 0.0246. The van der Waals surface area contributed by atoms with E-state index >= 15 is 0 Å². The van der Waals surface area contributed by atoms with Gasteiger partial charge in [0, 0.05) is 24.5 Å². The van der Waals surface area contributed by atoms with E-state index < -0.39 is 32.4 Å². The fourth-order valence-corrected chi connectivity index (χ4v) is 2.00. The zero-order valence-corrected chi connectivity index (χ0v) is 10.8. The number of alkyl halides is 2. The van der Waals surface area contributed by atoms with E-state index in [1.54, 1.807) is 0 Å². The molecule has 0 radical (unpaired) electrons. The first kappa shape index (κ1) is 16.0. The van der Waals surface area contributed by atoms with Gasteiger partial charge in [-0.2, -0.15) is 8.78 Å². The quantitative estimate of drug-likeness (QED) is 0.767. The Morgan fingerprint density at radius 3 is 2.20 bits per heavy atom. The normalized spacial score (nSPS) is 11.3. The minimum Gasteiger partial charge on any atom is -0.550 e. The summed E-state index contributed by atoms with van der Waals surface area (Å²) in [5, 5.41) is 12.4. The van der Waals surface area contributed by atoms with Crippen molar-refractivity contribution < 1.29 is 31.9 Å². The van der Waals surface area contributed by atoms with Crippen LogP contribution in [0.3, 0.4) is 0 Å². The molecule has 0 aliphatic rings. The van der Waals surface area contributed by atoms with Crippen LogP contribution in [-0.2, 0) is 14.6 Å². The second-order valence-electron chi connectivity index (χ2n) is 3.71. The molecule has 1 amide bonds. The van der Waals surface area contributed by atoms with Crippen LogP contribution in [0.4, 0.5) is 8.78 Å². The third kappa shape index (κ3) is 3.98. The third-order valence-electron chi connectivity index (χ3n) is 2.29. The highest BCUT2D eigenvalue weighted by molar-refractivity contribution is 7.91. The van der Waals surface area contributed by atoms with E-state index in [1.807, 2.05) is 0 Å². The second kappa shape index (κ2) is 6.42. The lowest BCUT2D eigenvalue weighted by atomic mass is 10.2. The smallest absolute Gasteiger partial charge is 0.341 e. The molecule has 0 bridgehead atoms. The number of carboxylic acids is 1. The van der Waals surface area contributed by atoms with Gasteiger partial charge in [0.2, 0.25) is 9.84 Å². The van der Waals surface area contributed by atoms with E-state index in [0.29, 0.717) is 0 Å². The summed E-state index contributed by atoms with van der Waals surface area (Å²) >= 11 is 0. The van der Waals surface area contributed by atoms with E-state index in [0.717, 1.165) is 24.3 Å². The number of hydrogen-bond acceptors (Lipinski definition) is 5. The van der Waals surface area contributed by atoms with Crippen LogP contribution in [0.1, 0.15) is 16.8 Å². The molecule has 0 atom stereocenters. The Morgan fingerprint density at radius 2 is 1.75 bits per heavy atom. The lowest BCUT2D eigenvalue weighted by Crippen LogP contribution is -2.31. The van der Waals surface area contributed by atoms with Crippen LogP contribution in [0.5, 0.6) is 0 Å². The van der Waals surface area contributed by atoms with E-state index in [1.165, 1.54) is 0 Å². The Morgan fingerprint density at radius 1 is 1.20 bits per heavy atom. The summed E-state index contributed by atoms with van der Waals surface area (Å²) in [6.07, 6.45) is -0.371. The molecule has 0 saturated carbocycles. The number of rotatable bonds is 6. The molecule has 1 N–H and O–H groups in total. The molecule has 110 valence electrons. The molecule has 0 unspecified atom stereocenters. The van der Waals surface area contributed by atoms with Crippen LogP contribution < -0.4 is 10.4 Å². The average molecular weight is 306 g/mol. The standard InChI is InChI=1S/C11H11F2NO5S/c12-11(13)20(18,19)8-3-1-7(2-4-8)10(17)14-6-5-9(15)16/h1-4,11H,5-6H2,(H,14,17)(H,15,16)/p-1. The van der Waals surface area contributed by atoms with Crippen molar-refractivity contribution in [3.63, 3.8) is 0 Å². The van der Waals surface area contributed by atoms with Gasteiger partial charge in [0.25, 0.3) is 5.91 Å². The van der Waals surface area contributed by atoms with Gasteiger partial charge in [0.15, 0.2) is 0 Å². The molecular weight excluding hydrogens is 296 g/mol. The fraction of sp³-hybridized carbons (Fsp3) is 0.273. The highest BCUT2D eigenvalue weighted by atomic mass is 32.2. The number of halogens is 2. The molecule has 1 aromatic carbocycles. The molecule has 1 rings (SSSR count). The van der Waals surface area contributed by atoms with Crippen LogP contribution >= 0.6 is 0 Å². The van der Waals surface area contributed by atoms with Crippen molar-refractivity contribution in [1.29, 1.82) is 0 Å². The first-order valence-corrected chi connectivity index (χ1v) is 6.90. The van der Waals surface area contributed by atoms with Crippen molar-refractivity contribution >= 4 is 21.7 Å². The number of benzene rings is 1. The molecule has 0 fully saturated rings. The summed E-state index contributed by atoms with van der Waals surface area (Å²) in [4.78, 5) is 21.0. The first-order valence-electron chi connectivity index (χ1n) is 5.35. The number of sulfone groups is 1. The summed E-state index contributed by atoms with van der Waals surface area (Å²) in [6.45, 7) is -0.155. The van der Waals surface area contributed by atoms with Gasteiger partial charge in [-0.25, -0.2) is 8.42 Å². The van der Waals surface area contributed by atoms with E-state index in [9.17, 15) is 31.9 Å². The molecule has 0 heterocycles. The monoisotopic (exact) mass is 306 g/mol. The van der Waals surface area contributed by atoms with Gasteiger partial charge >= 0.3 is 5.76 Å². The molecule has 0 spiro atoms. The molecule has 20 heavy (non-hydrogen) atoms. The van der Waals surface area contributed by atoms with Gasteiger partial charge in [-0.05, 0) is 24.3 Å². The van der Waals surface area contributed by atoms with E-state index in [4.69, 9.17) is 0 Å². The Bertz CT molecular complexity index is 598. The van der Waals surface area contributed by atoms with Crippen LogP contribution in [0.2, 0.25) is 0 Å². The Kier molecular flexibility index (Phi) is 5.14. The van der Waals surface area contributed by atoms with Gasteiger partial charge < -0.3 is 15.2 Å². The number of nitrogens with one attached hydrogen (secondary N) is 1.